The van der Waals surface area contributed by atoms with Crippen LogP contribution in [0.1, 0.15) is 85.3 Å². The molecule has 0 saturated carbocycles. The molecule has 58 heavy (non-hydrogen) atoms. The van der Waals surface area contributed by atoms with Crippen molar-refractivity contribution in [2.75, 3.05) is 4.90 Å². The van der Waals surface area contributed by atoms with E-state index in [-0.39, 0.29) is 17.1 Å². The maximum absolute atomic E-state index is 6.20. The molecule has 8 rings (SSSR count). The average molecular weight is 763 g/mol. The Morgan fingerprint density at radius 2 is 1.19 bits per heavy atom. The van der Waals surface area contributed by atoms with E-state index in [4.69, 9.17) is 4.74 Å². The lowest BCUT2D eigenvalue weighted by atomic mass is 9.72. The summed E-state index contributed by atoms with van der Waals surface area (Å²) in [5, 5.41) is 2.50. The third kappa shape index (κ3) is 8.27. The quantitative estimate of drug-likeness (QED) is 0.138. The highest BCUT2D eigenvalue weighted by molar-refractivity contribution is 6.11. The Kier molecular flexibility index (Phi) is 10.7. The van der Waals surface area contributed by atoms with Gasteiger partial charge in [0, 0.05) is 27.8 Å². The largest absolute Gasteiger partial charge is 0.488 e. The van der Waals surface area contributed by atoms with E-state index in [0.29, 0.717) is 11.8 Å². The Morgan fingerprint density at radius 3 is 1.71 bits per heavy atom. The number of rotatable bonds is 10. The topological polar surface area (TPSA) is 17.4 Å². The van der Waals surface area contributed by atoms with Gasteiger partial charge in [-0.25, -0.2) is 0 Å². The highest BCUT2D eigenvalue weighted by atomic mass is 16.5. The Morgan fingerprint density at radius 1 is 0.638 bits per heavy atom. The van der Waals surface area contributed by atoms with Crippen molar-refractivity contribution < 1.29 is 4.74 Å². The molecule has 0 fully saturated rings. The van der Waals surface area contributed by atoms with Crippen LogP contribution in [0.4, 0.5) is 11.4 Å². The molecule has 1 heterocycles. The standard InChI is InChI=1S/C55H58N2O/c1-38(2)35-51(54(3,4)5)41-21-19-39(20-22-41)42-25-33-52-49(36-42)50-37-43(26-34-53(50)57(52)47-29-31-48(32-30-47)58-55(6,7)8)40-23-27-46(28-24-40)56(44-15-11-9-12-16-44)45-17-13-10-14-18-45/h9-27,29-34,36-38,46,51H,28,35H2,1-8H3. The smallest absolute Gasteiger partial charge is 0.120 e. The lowest BCUT2D eigenvalue weighted by Gasteiger charge is -2.33. The van der Waals surface area contributed by atoms with Gasteiger partial charge >= 0.3 is 0 Å². The summed E-state index contributed by atoms with van der Waals surface area (Å²) in [7, 11) is 0. The summed E-state index contributed by atoms with van der Waals surface area (Å²) in [6.07, 6.45) is 9.20. The van der Waals surface area contributed by atoms with Gasteiger partial charge in [0.2, 0.25) is 0 Å². The number of hydrogen-bond acceptors (Lipinski definition) is 2. The fourth-order valence-corrected chi connectivity index (χ4v) is 8.77. The number of benzene rings is 6. The van der Waals surface area contributed by atoms with Gasteiger partial charge in [-0.1, -0.05) is 126 Å². The first-order valence-corrected chi connectivity index (χ1v) is 21.1. The van der Waals surface area contributed by atoms with Crippen LogP contribution in [0.3, 0.4) is 0 Å². The number of aromatic nitrogens is 1. The average Bonchev–Trinajstić information content (AvgIpc) is 3.53. The van der Waals surface area contributed by atoms with Crippen molar-refractivity contribution in [2.24, 2.45) is 11.3 Å². The minimum absolute atomic E-state index is 0.203. The zero-order chi connectivity index (χ0) is 40.6. The normalized spacial score (nSPS) is 15.2. The predicted molar refractivity (Wildman–Crippen MR) is 249 cm³/mol. The van der Waals surface area contributed by atoms with Crippen molar-refractivity contribution in [3.05, 3.63) is 175 Å². The number of ether oxygens (including phenoxy) is 1. The summed E-state index contributed by atoms with van der Waals surface area (Å²) in [5.74, 6) is 2.04. The summed E-state index contributed by atoms with van der Waals surface area (Å²) in [6, 6.07) is 53.6. The van der Waals surface area contributed by atoms with Crippen LogP contribution in [0.15, 0.2) is 164 Å². The summed E-state index contributed by atoms with van der Waals surface area (Å²) in [4.78, 5) is 2.44. The Hall–Kier alpha value is -5.80. The number of para-hydroxylation sites is 2. The van der Waals surface area contributed by atoms with Crippen molar-refractivity contribution in [3.63, 3.8) is 0 Å². The van der Waals surface area contributed by atoms with Crippen LogP contribution in [-0.4, -0.2) is 16.2 Å². The van der Waals surface area contributed by atoms with E-state index < -0.39 is 0 Å². The van der Waals surface area contributed by atoms with Crippen LogP contribution in [0.25, 0.3) is 44.2 Å². The van der Waals surface area contributed by atoms with Crippen LogP contribution >= 0.6 is 0 Å². The molecular weight excluding hydrogens is 705 g/mol. The van der Waals surface area contributed by atoms with E-state index in [1.54, 1.807) is 0 Å². The molecule has 0 saturated heterocycles. The lowest BCUT2D eigenvalue weighted by Crippen LogP contribution is -2.30. The monoisotopic (exact) mass is 762 g/mol. The van der Waals surface area contributed by atoms with Gasteiger partial charge in [-0.05, 0) is 151 Å². The minimum Gasteiger partial charge on any atom is -0.488 e. The van der Waals surface area contributed by atoms with Crippen molar-refractivity contribution in [3.8, 4) is 22.6 Å². The molecule has 3 nitrogen and oxygen atoms in total. The molecule has 2 unspecified atom stereocenters. The second kappa shape index (κ2) is 15.9. The van der Waals surface area contributed by atoms with Crippen LogP contribution in [0.2, 0.25) is 0 Å². The molecule has 0 N–H and O–H groups in total. The van der Waals surface area contributed by atoms with Gasteiger partial charge in [0.25, 0.3) is 0 Å². The fraction of sp³-hybridized carbons (Fsp3) is 0.273. The minimum atomic E-state index is -0.259. The van der Waals surface area contributed by atoms with Crippen LogP contribution in [0.5, 0.6) is 5.75 Å². The highest BCUT2D eigenvalue weighted by Gasteiger charge is 2.27. The molecule has 0 bridgehead atoms. The SMILES string of the molecule is CC(C)CC(c1ccc(-c2ccc3c(c2)c2cc(C4=CCC(N(c5ccccc5)c5ccccc5)C=C4)ccc2n3-c2ccc(OC(C)(C)C)cc2)cc1)C(C)(C)C. The van der Waals surface area contributed by atoms with E-state index >= 15 is 0 Å². The second-order valence-corrected chi connectivity index (χ2v) is 18.5. The van der Waals surface area contributed by atoms with Crippen LogP contribution in [0, 0.1) is 11.3 Å². The van der Waals surface area contributed by atoms with E-state index in [9.17, 15) is 0 Å². The van der Waals surface area contributed by atoms with Gasteiger partial charge in [-0.2, -0.15) is 0 Å². The molecule has 7 aromatic rings. The summed E-state index contributed by atoms with van der Waals surface area (Å²) in [6.45, 7) is 18.1. The number of anilines is 2. The van der Waals surface area contributed by atoms with Crippen molar-refractivity contribution in [2.45, 2.75) is 85.8 Å². The van der Waals surface area contributed by atoms with Gasteiger partial charge in [-0.15, -0.1) is 0 Å². The number of hydrogen-bond donors (Lipinski definition) is 0. The molecular formula is C55H58N2O. The molecule has 0 spiro atoms. The fourth-order valence-electron chi connectivity index (χ4n) is 8.77. The third-order valence-corrected chi connectivity index (χ3v) is 11.5. The zero-order valence-corrected chi connectivity index (χ0v) is 35.5. The molecule has 6 aromatic carbocycles. The van der Waals surface area contributed by atoms with Gasteiger partial charge in [0.15, 0.2) is 0 Å². The van der Waals surface area contributed by atoms with Crippen molar-refractivity contribution in [1.82, 2.24) is 4.57 Å². The van der Waals surface area contributed by atoms with Crippen LogP contribution < -0.4 is 9.64 Å². The van der Waals surface area contributed by atoms with E-state index in [1.807, 2.05) is 0 Å². The van der Waals surface area contributed by atoms with Gasteiger partial charge in [0.1, 0.15) is 11.4 Å². The first kappa shape index (κ1) is 39.0. The molecule has 3 heteroatoms. The first-order chi connectivity index (χ1) is 27.8. The van der Waals surface area contributed by atoms with Crippen molar-refractivity contribution >= 4 is 38.8 Å². The molecule has 1 aromatic heterocycles. The summed E-state index contributed by atoms with van der Waals surface area (Å²) in [5.41, 5.74) is 12.2. The molecule has 294 valence electrons. The van der Waals surface area contributed by atoms with E-state index in [0.717, 1.165) is 17.9 Å². The molecule has 0 amide bonds. The molecule has 1 aliphatic carbocycles. The van der Waals surface area contributed by atoms with Gasteiger partial charge in [-0.3, -0.25) is 0 Å². The molecule has 1 aliphatic rings. The molecule has 0 radical (unpaired) electrons. The molecule has 0 aliphatic heterocycles. The van der Waals surface area contributed by atoms with E-state index in [2.05, 4.69) is 229 Å². The van der Waals surface area contributed by atoms with Crippen molar-refractivity contribution in [1.29, 1.82) is 0 Å². The summed E-state index contributed by atoms with van der Waals surface area (Å²) < 4.78 is 8.61. The molecule has 2 atom stereocenters. The number of fused-ring (bicyclic) bond motifs is 3. The summed E-state index contributed by atoms with van der Waals surface area (Å²) >= 11 is 0. The van der Waals surface area contributed by atoms with Gasteiger partial charge in [0.05, 0.1) is 17.1 Å². The maximum Gasteiger partial charge on any atom is 0.120 e. The Labute approximate surface area is 346 Å². The first-order valence-electron chi connectivity index (χ1n) is 21.1. The number of allylic oxidation sites excluding steroid dienone is 2. The third-order valence-electron chi connectivity index (χ3n) is 11.5. The Balaban J connectivity index is 1.18. The second-order valence-electron chi connectivity index (χ2n) is 18.5. The highest BCUT2D eigenvalue weighted by Crippen LogP contribution is 2.42. The Bertz CT molecular complexity index is 2520. The van der Waals surface area contributed by atoms with Crippen LogP contribution in [-0.2, 0) is 0 Å². The van der Waals surface area contributed by atoms with Gasteiger partial charge < -0.3 is 14.2 Å². The lowest BCUT2D eigenvalue weighted by molar-refractivity contribution is 0.131. The van der Waals surface area contributed by atoms with E-state index in [1.165, 1.54) is 67.4 Å². The zero-order valence-electron chi connectivity index (χ0n) is 35.5. The maximum atomic E-state index is 6.20. The predicted octanol–water partition coefficient (Wildman–Crippen LogP) is 15.4. The number of nitrogens with zero attached hydrogens (tertiary/aromatic N) is 2.